The first-order chi connectivity index (χ1) is 7.83. The van der Waals surface area contributed by atoms with Crippen molar-refractivity contribution < 1.29 is 0 Å². The molecule has 0 bridgehead atoms. The van der Waals surface area contributed by atoms with Crippen LogP contribution in [0.15, 0.2) is 23.0 Å². The van der Waals surface area contributed by atoms with Crippen LogP contribution >= 0.6 is 22.7 Å². The van der Waals surface area contributed by atoms with Gasteiger partial charge in [0.25, 0.3) is 0 Å². The molecule has 4 heteroatoms. The van der Waals surface area contributed by atoms with Crippen molar-refractivity contribution in [2.45, 2.75) is 20.4 Å². The van der Waals surface area contributed by atoms with Gasteiger partial charge < -0.3 is 0 Å². The van der Waals surface area contributed by atoms with Crippen molar-refractivity contribution in [3.05, 3.63) is 27.9 Å². The summed E-state index contributed by atoms with van der Waals surface area (Å²) in [6, 6.07) is 4.40. The van der Waals surface area contributed by atoms with Gasteiger partial charge in [0.2, 0.25) is 0 Å². The van der Waals surface area contributed by atoms with Crippen LogP contribution in [0.25, 0.3) is 10.6 Å². The summed E-state index contributed by atoms with van der Waals surface area (Å²) in [7, 11) is 0. The minimum absolute atomic E-state index is 1.06. The highest BCUT2D eigenvalue weighted by Gasteiger charge is 2.06. The van der Waals surface area contributed by atoms with Crippen LogP contribution in [0.5, 0.6) is 0 Å². The van der Waals surface area contributed by atoms with Crippen LogP contribution in [0.3, 0.4) is 0 Å². The van der Waals surface area contributed by atoms with Gasteiger partial charge in [0.15, 0.2) is 0 Å². The molecule has 0 saturated heterocycles. The molecule has 2 heterocycles. The minimum Gasteiger partial charge on any atom is -0.299 e. The van der Waals surface area contributed by atoms with Crippen molar-refractivity contribution in [3.63, 3.8) is 0 Å². The van der Waals surface area contributed by atoms with Gasteiger partial charge >= 0.3 is 0 Å². The van der Waals surface area contributed by atoms with Crippen molar-refractivity contribution in [2.24, 2.45) is 0 Å². The minimum atomic E-state index is 1.06. The molecule has 2 aromatic rings. The molecule has 0 aromatic carbocycles. The van der Waals surface area contributed by atoms with Crippen molar-refractivity contribution in [1.29, 1.82) is 0 Å². The van der Waals surface area contributed by atoms with Gasteiger partial charge in [0, 0.05) is 16.8 Å². The van der Waals surface area contributed by atoms with Crippen molar-refractivity contribution in [3.8, 4) is 10.6 Å². The lowest BCUT2D eigenvalue weighted by molar-refractivity contribution is 0.298. The molecule has 0 saturated carbocycles. The third-order valence-corrected chi connectivity index (χ3v) is 4.30. The smallest absolute Gasteiger partial charge is 0.0910 e. The Bertz CT molecular complexity index is 416. The Balaban J connectivity index is 2.08. The third-order valence-electron chi connectivity index (χ3n) is 2.62. The maximum absolute atomic E-state index is 4.33. The first-order valence-corrected chi connectivity index (χ1v) is 7.29. The van der Waals surface area contributed by atoms with Gasteiger partial charge in [0.1, 0.15) is 0 Å². The second-order valence-corrected chi connectivity index (χ2v) is 5.49. The number of thiophene rings is 1. The van der Waals surface area contributed by atoms with Crippen LogP contribution in [0, 0.1) is 0 Å². The Kier molecular flexibility index (Phi) is 4.09. The van der Waals surface area contributed by atoms with Gasteiger partial charge in [-0.3, -0.25) is 4.90 Å². The molecule has 0 aliphatic rings. The van der Waals surface area contributed by atoms with E-state index in [9.17, 15) is 0 Å². The molecule has 0 amide bonds. The van der Waals surface area contributed by atoms with Crippen molar-refractivity contribution in [2.75, 3.05) is 13.1 Å². The lowest BCUT2D eigenvalue weighted by atomic mass is 10.3. The summed E-state index contributed by atoms with van der Waals surface area (Å²) >= 11 is 3.50. The zero-order valence-electron chi connectivity index (χ0n) is 9.64. The van der Waals surface area contributed by atoms with E-state index < -0.39 is 0 Å². The number of rotatable bonds is 5. The van der Waals surface area contributed by atoms with Gasteiger partial charge in [-0.2, -0.15) is 0 Å². The van der Waals surface area contributed by atoms with Crippen molar-refractivity contribution >= 4 is 22.7 Å². The summed E-state index contributed by atoms with van der Waals surface area (Å²) in [5.41, 5.74) is 3.00. The summed E-state index contributed by atoms with van der Waals surface area (Å²) in [4.78, 5) is 9.47. The van der Waals surface area contributed by atoms with E-state index in [1.54, 1.807) is 11.3 Å². The lowest BCUT2D eigenvalue weighted by Gasteiger charge is -2.16. The van der Waals surface area contributed by atoms with Gasteiger partial charge in [-0.15, -0.1) is 22.7 Å². The van der Waals surface area contributed by atoms with E-state index in [0.717, 1.165) is 25.3 Å². The Morgan fingerprint density at radius 2 is 2.06 bits per heavy atom. The van der Waals surface area contributed by atoms with Crippen molar-refractivity contribution in [1.82, 2.24) is 9.88 Å². The standard InChI is InChI=1S/C12H16N2S2/c1-3-14(4-2)7-10-5-6-12(16-10)11-8-15-9-13-11/h5-6,8-9H,3-4,7H2,1-2H3. The fourth-order valence-electron chi connectivity index (χ4n) is 1.60. The largest absolute Gasteiger partial charge is 0.299 e. The van der Waals surface area contributed by atoms with Gasteiger partial charge in [-0.1, -0.05) is 13.8 Å². The molecule has 0 radical (unpaired) electrons. The van der Waals surface area contributed by atoms with Crippen LogP contribution in [0.4, 0.5) is 0 Å². The summed E-state index contributed by atoms with van der Waals surface area (Å²) in [6.07, 6.45) is 0. The Morgan fingerprint density at radius 3 is 2.69 bits per heavy atom. The molecule has 2 rings (SSSR count). The first kappa shape index (κ1) is 11.8. The van der Waals surface area contributed by atoms with Crippen LogP contribution in [0.1, 0.15) is 18.7 Å². The molecule has 2 aromatic heterocycles. The predicted octanol–water partition coefficient (Wildman–Crippen LogP) is 3.71. The molecule has 0 aliphatic carbocycles. The number of aromatic nitrogens is 1. The molecule has 0 spiro atoms. The highest BCUT2D eigenvalue weighted by molar-refractivity contribution is 7.16. The monoisotopic (exact) mass is 252 g/mol. The summed E-state index contributed by atoms with van der Waals surface area (Å²) in [5.74, 6) is 0. The molecule has 0 aliphatic heterocycles. The van der Waals surface area contributed by atoms with E-state index in [4.69, 9.17) is 0 Å². The molecule has 16 heavy (non-hydrogen) atoms. The number of hydrogen-bond acceptors (Lipinski definition) is 4. The van der Waals surface area contributed by atoms with Gasteiger partial charge in [-0.05, 0) is 25.2 Å². The van der Waals surface area contributed by atoms with Crippen LogP contribution < -0.4 is 0 Å². The Morgan fingerprint density at radius 1 is 1.25 bits per heavy atom. The van der Waals surface area contributed by atoms with E-state index in [-0.39, 0.29) is 0 Å². The second kappa shape index (κ2) is 5.57. The van der Waals surface area contributed by atoms with Gasteiger partial charge in [-0.25, -0.2) is 4.98 Å². The normalized spacial score (nSPS) is 11.2. The highest BCUT2D eigenvalue weighted by atomic mass is 32.1. The number of nitrogens with zero attached hydrogens (tertiary/aromatic N) is 2. The average molecular weight is 252 g/mol. The maximum atomic E-state index is 4.33. The first-order valence-electron chi connectivity index (χ1n) is 5.53. The molecule has 0 atom stereocenters. The average Bonchev–Trinajstić information content (AvgIpc) is 2.96. The quantitative estimate of drug-likeness (QED) is 0.806. The van der Waals surface area contributed by atoms with Crippen LogP contribution in [0.2, 0.25) is 0 Å². The number of hydrogen-bond donors (Lipinski definition) is 0. The summed E-state index contributed by atoms with van der Waals surface area (Å²) in [5, 5.41) is 2.10. The van der Waals surface area contributed by atoms with E-state index in [1.807, 2.05) is 16.8 Å². The topological polar surface area (TPSA) is 16.1 Å². The third kappa shape index (κ3) is 2.70. The molecule has 2 nitrogen and oxygen atoms in total. The van der Waals surface area contributed by atoms with E-state index in [1.165, 1.54) is 9.75 Å². The molecular formula is C12H16N2S2. The SMILES string of the molecule is CCN(CC)Cc1ccc(-c2cscn2)s1. The second-order valence-electron chi connectivity index (χ2n) is 3.60. The molecule has 0 N–H and O–H groups in total. The van der Waals surface area contributed by atoms with Gasteiger partial charge in [0.05, 0.1) is 16.1 Å². The fourth-order valence-corrected chi connectivity index (χ4v) is 3.25. The fraction of sp³-hybridized carbons (Fsp3) is 0.417. The molecule has 86 valence electrons. The van der Waals surface area contributed by atoms with E-state index in [2.05, 4.69) is 41.2 Å². The predicted molar refractivity (Wildman–Crippen MR) is 72.1 cm³/mol. The molecular weight excluding hydrogens is 236 g/mol. The van der Waals surface area contributed by atoms with E-state index >= 15 is 0 Å². The van der Waals surface area contributed by atoms with E-state index in [0.29, 0.717) is 0 Å². The van der Waals surface area contributed by atoms with Crippen LogP contribution in [-0.4, -0.2) is 23.0 Å². The molecule has 0 unspecified atom stereocenters. The Labute approximate surface area is 105 Å². The summed E-state index contributed by atoms with van der Waals surface area (Å²) < 4.78 is 0. The lowest BCUT2D eigenvalue weighted by Crippen LogP contribution is -2.21. The summed E-state index contributed by atoms with van der Waals surface area (Å²) in [6.45, 7) is 7.69. The zero-order valence-corrected chi connectivity index (χ0v) is 11.3. The zero-order chi connectivity index (χ0) is 11.4. The maximum Gasteiger partial charge on any atom is 0.0910 e. The Hall–Kier alpha value is -0.710. The molecule has 0 fully saturated rings. The van der Waals surface area contributed by atoms with Crippen LogP contribution in [-0.2, 0) is 6.54 Å². The highest BCUT2D eigenvalue weighted by Crippen LogP contribution is 2.28. The number of thiazole rings is 1.